The maximum atomic E-state index is 12.4. The van der Waals surface area contributed by atoms with Gasteiger partial charge in [-0.3, -0.25) is 4.99 Å². The summed E-state index contributed by atoms with van der Waals surface area (Å²) in [6.45, 7) is 2.11. The van der Waals surface area contributed by atoms with Crippen LogP contribution < -0.4 is 15.4 Å². The summed E-state index contributed by atoms with van der Waals surface area (Å²) in [5, 5.41) is 6.16. The van der Waals surface area contributed by atoms with Crippen LogP contribution in [0.5, 0.6) is 5.75 Å². The van der Waals surface area contributed by atoms with Crippen LogP contribution in [0.15, 0.2) is 23.2 Å². The maximum absolute atomic E-state index is 12.4. The molecule has 1 rings (SSSR count). The predicted molar refractivity (Wildman–Crippen MR) is 103 cm³/mol. The Morgan fingerprint density at radius 2 is 1.96 bits per heavy atom. The first-order chi connectivity index (χ1) is 11.4. The Balaban J connectivity index is 0.00000576. The van der Waals surface area contributed by atoms with Gasteiger partial charge >= 0.3 is 6.18 Å². The zero-order chi connectivity index (χ0) is 18.0. The molecular formula is C16H25F3IN3O2. The largest absolute Gasteiger partial charge is 0.484 e. The van der Waals surface area contributed by atoms with Crippen molar-refractivity contribution >= 4 is 29.9 Å². The van der Waals surface area contributed by atoms with E-state index in [9.17, 15) is 13.2 Å². The van der Waals surface area contributed by atoms with Gasteiger partial charge in [0.25, 0.3) is 0 Å². The molecule has 144 valence electrons. The van der Waals surface area contributed by atoms with Gasteiger partial charge in [-0.25, -0.2) is 0 Å². The van der Waals surface area contributed by atoms with Crippen molar-refractivity contribution in [3.8, 4) is 5.75 Å². The Labute approximate surface area is 163 Å². The lowest BCUT2D eigenvalue weighted by atomic mass is 10.1. The fourth-order valence-corrected chi connectivity index (χ4v) is 1.92. The number of ether oxygens (including phenoxy) is 2. The molecule has 2 N–H and O–H groups in total. The van der Waals surface area contributed by atoms with Crippen LogP contribution in [-0.4, -0.2) is 46.1 Å². The van der Waals surface area contributed by atoms with Crippen molar-refractivity contribution in [1.29, 1.82) is 0 Å². The minimum Gasteiger partial charge on any atom is -0.484 e. The molecule has 0 aliphatic carbocycles. The molecule has 0 atom stereocenters. The first-order valence-corrected chi connectivity index (χ1v) is 7.58. The molecule has 0 fully saturated rings. The van der Waals surface area contributed by atoms with Gasteiger partial charge in [0.1, 0.15) is 5.75 Å². The summed E-state index contributed by atoms with van der Waals surface area (Å²) in [4.78, 5) is 4.07. The van der Waals surface area contributed by atoms with Crippen LogP contribution in [0, 0.1) is 6.92 Å². The number of aryl methyl sites for hydroxylation is 1. The number of nitrogens with one attached hydrogen (secondary N) is 2. The monoisotopic (exact) mass is 475 g/mol. The summed E-state index contributed by atoms with van der Waals surface area (Å²) in [6.07, 6.45) is -3.55. The number of aliphatic imine (C=N–C) groups is 1. The van der Waals surface area contributed by atoms with Gasteiger partial charge in [-0.1, -0.05) is 12.1 Å². The van der Waals surface area contributed by atoms with Crippen molar-refractivity contribution in [2.45, 2.75) is 26.1 Å². The molecule has 0 aromatic heterocycles. The zero-order valence-corrected chi connectivity index (χ0v) is 16.9. The van der Waals surface area contributed by atoms with E-state index in [1.54, 1.807) is 33.2 Å². The van der Waals surface area contributed by atoms with Crippen molar-refractivity contribution in [1.82, 2.24) is 10.6 Å². The molecule has 0 aliphatic rings. The molecule has 1 aromatic carbocycles. The third kappa shape index (κ3) is 10.4. The number of halogens is 4. The van der Waals surface area contributed by atoms with E-state index in [1.807, 2.05) is 6.07 Å². The van der Waals surface area contributed by atoms with Gasteiger partial charge in [0.2, 0.25) is 0 Å². The van der Waals surface area contributed by atoms with Crippen molar-refractivity contribution in [3.63, 3.8) is 0 Å². The van der Waals surface area contributed by atoms with Crippen molar-refractivity contribution in [2.75, 3.05) is 33.9 Å². The smallest absolute Gasteiger partial charge is 0.422 e. The van der Waals surface area contributed by atoms with Crippen LogP contribution in [-0.2, 0) is 11.3 Å². The second kappa shape index (κ2) is 12.2. The van der Waals surface area contributed by atoms with Gasteiger partial charge in [-0.15, -0.1) is 24.0 Å². The van der Waals surface area contributed by atoms with Crippen LogP contribution in [0.1, 0.15) is 17.5 Å². The molecule has 0 amide bonds. The van der Waals surface area contributed by atoms with Gasteiger partial charge < -0.3 is 20.1 Å². The fourth-order valence-electron chi connectivity index (χ4n) is 1.92. The lowest BCUT2D eigenvalue weighted by Crippen LogP contribution is -2.37. The van der Waals surface area contributed by atoms with Gasteiger partial charge in [0, 0.05) is 39.4 Å². The van der Waals surface area contributed by atoms with E-state index in [0.717, 1.165) is 12.0 Å². The Kier molecular flexibility index (Phi) is 11.6. The number of guanidine groups is 1. The molecule has 0 radical (unpaired) electrons. The van der Waals surface area contributed by atoms with Crippen molar-refractivity contribution in [2.24, 2.45) is 4.99 Å². The Bertz CT molecular complexity index is 540. The molecule has 5 nitrogen and oxygen atoms in total. The van der Waals surface area contributed by atoms with E-state index in [1.165, 1.54) is 0 Å². The topological polar surface area (TPSA) is 54.9 Å². The minimum absolute atomic E-state index is 0. The number of hydrogen-bond donors (Lipinski definition) is 2. The average molecular weight is 475 g/mol. The lowest BCUT2D eigenvalue weighted by Gasteiger charge is -2.16. The number of hydrogen-bond acceptors (Lipinski definition) is 3. The van der Waals surface area contributed by atoms with Crippen LogP contribution >= 0.6 is 24.0 Å². The summed E-state index contributed by atoms with van der Waals surface area (Å²) in [6, 6.07) is 5.16. The highest BCUT2D eigenvalue weighted by molar-refractivity contribution is 14.0. The van der Waals surface area contributed by atoms with Crippen LogP contribution in [0.4, 0.5) is 13.2 Å². The van der Waals surface area contributed by atoms with Gasteiger partial charge in [-0.2, -0.15) is 13.2 Å². The maximum Gasteiger partial charge on any atom is 0.422 e. The highest BCUT2D eigenvalue weighted by Crippen LogP contribution is 2.23. The molecule has 0 aliphatic heterocycles. The Morgan fingerprint density at radius 3 is 2.56 bits per heavy atom. The summed E-state index contributed by atoms with van der Waals surface area (Å²) in [5.74, 6) is 0.781. The number of alkyl halides is 3. The third-order valence-electron chi connectivity index (χ3n) is 3.10. The number of nitrogens with zero attached hydrogens (tertiary/aromatic N) is 1. The van der Waals surface area contributed by atoms with E-state index in [0.29, 0.717) is 31.2 Å². The lowest BCUT2D eigenvalue weighted by molar-refractivity contribution is -0.153. The second-order valence-electron chi connectivity index (χ2n) is 5.21. The summed E-state index contributed by atoms with van der Waals surface area (Å²) in [7, 11) is 3.26. The summed E-state index contributed by atoms with van der Waals surface area (Å²) in [5.41, 5.74) is 1.46. The van der Waals surface area contributed by atoms with Gasteiger partial charge in [-0.05, 0) is 25.0 Å². The van der Waals surface area contributed by atoms with E-state index in [4.69, 9.17) is 9.47 Å². The van der Waals surface area contributed by atoms with E-state index >= 15 is 0 Å². The molecule has 0 spiro atoms. The standard InChI is InChI=1S/C16H24F3N3O2.HI/c1-12-5-6-13(14(9-12)24-11-16(17,18)19)10-22-15(20-2)21-7-4-8-23-3;/h5-6,9H,4,7-8,10-11H2,1-3H3,(H2,20,21,22);1H. The zero-order valence-electron chi connectivity index (χ0n) is 14.6. The average Bonchev–Trinajstić information content (AvgIpc) is 2.53. The molecule has 0 saturated heterocycles. The summed E-state index contributed by atoms with van der Waals surface area (Å²) >= 11 is 0. The Hall–Kier alpha value is -1.23. The van der Waals surface area contributed by atoms with E-state index in [2.05, 4.69) is 15.6 Å². The number of rotatable bonds is 8. The van der Waals surface area contributed by atoms with Gasteiger partial charge in [0.05, 0.1) is 0 Å². The molecule has 0 bridgehead atoms. The van der Waals surface area contributed by atoms with E-state index in [-0.39, 0.29) is 29.7 Å². The summed E-state index contributed by atoms with van der Waals surface area (Å²) < 4.78 is 47.0. The normalized spacial score (nSPS) is 11.7. The number of methoxy groups -OCH3 is 1. The SMILES string of the molecule is CN=C(NCCCOC)NCc1ccc(C)cc1OCC(F)(F)F.I. The second-order valence-corrected chi connectivity index (χ2v) is 5.21. The van der Waals surface area contributed by atoms with Crippen LogP contribution in [0.25, 0.3) is 0 Å². The molecule has 0 saturated carbocycles. The third-order valence-corrected chi connectivity index (χ3v) is 3.10. The van der Waals surface area contributed by atoms with Crippen LogP contribution in [0.3, 0.4) is 0 Å². The van der Waals surface area contributed by atoms with Crippen molar-refractivity contribution in [3.05, 3.63) is 29.3 Å². The minimum atomic E-state index is -4.37. The molecule has 25 heavy (non-hydrogen) atoms. The first-order valence-electron chi connectivity index (χ1n) is 7.58. The molecule has 0 unspecified atom stereocenters. The van der Waals surface area contributed by atoms with Crippen LogP contribution in [0.2, 0.25) is 0 Å². The van der Waals surface area contributed by atoms with Gasteiger partial charge in [0.15, 0.2) is 12.6 Å². The Morgan fingerprint density at radius 1 is 1.24 bits per heavy atom. The highest BCUT2D eigenvalue weighted by atomic mass is 127. The number of benzene rings is 1. The van der Waals surface area contributed by atoms with E-state index < -0.39 is 12.8 Å². The van der Waals surface area contributed by atoms with Crippen molar-refractivity contribution < 1.29 is 22.6 Å². The highest BCUT2D eigenvalue weighted by Gasteiger charge is 2.28. The molecular weight excluding hydrogens is 450 g/mol. The fraction of sp³-hybridized carbons (Fsp3) is 0.562. The predicted octanol–water partition coefficient (Wildman–Crippen LogP) is 3.26. The molecule has 0 heterocycles. The molecule has 1 aromatic rings. The molecule has 9 heteroatoms. The quantitative estimate of drug-likeness (QED) is 0.263. The first kappa shape index (κ1) is 23.8.